The molecule has 1 saturated heterocycles. The zero-order valence-electron chi connectivity index (χ0n) is 17.4. The predicted octanol–water partition coefficient (Wildman–Crippen LogP) is 3.36. The van der Waals surface area contributed by atoms with E-state index in [2.05, 4.69) is 20.2 Å². The van der Waals surface area contributed by atoms with E-state index < -0.39 is 0 Å². The van der Waals surface area contributed by atoms with Crippen LogP contribution in [0.3, 0.4) is 0 Å². The van der Waals surface area contributed by atoms with Gasteiger partial charge in [-0.1, -0.05) is 23.2 Å². The van der Waals surface area contributed by atoms with Gasteiger partial charge in [0.05, 0.1) is 40.1 Å². The number of fused-ring (bicyclic) bond motifs is 1. The quantitative estimate of drug-likeness (QED) is 0.581. The van der Waals surface area contributed by atoms with Gasteiger partial charge >= 0.3 is 0 Å². The van der Waals surface area contributed by atoms with Gasteiger partial charge in [-0.2, -0.15) is 0 Å². The van der Waals surface area contributed by atoms with Gasteiger partial charge < -0.3 is 19.5 Å². The minimum atomic E-state index is -0.0202. The number of piperidine rings is 1. The van der Waals surface area contributed by atoms with Gasteiger partial charge in [0.15, 0.2) is 0 Å². The largest absolute Gasteiger partial charge is 0.495 e. The maximum absolute atomic E-state index is 12.5. The van der Waals surface area contributed by atoms with Crippen LogP contribution in [-0.4, -0.2) is 52.2 Å². The Bertz CT molecular complexity index is 1110. The Labute approximate surface area is 191 Å². The van der Waals surface area contributed by atoms with E-state index in [1.54, 1.807) is 42.3 Å². The van der Waals surface area contributed by atoms with Crippen molar-refractivity contribution < 1.29 is 4.74 Å². The summed E-state index contributed by atoms with van der Waals surface area (Å²) in [6.07, 6.45) is 5.34. The summed E-state index contributed by atoms with van der Waals surface area (Å²) in [5.74, 6) is 0.648. The molecule has 1 aliphatic heterocycles. The number of halogens is 2. The van der Waals surface area contributed by atoms with Crippen molar-refractivity contribution >= 4 is 34.2 Å². The van der Waals surface area contributed by atoms with Gasteiger partial charge in [0.25, 0.3) is 5.56 Å². The molecule has 164 valence electrons. The third-order valence-corrected chi connectivity index (χ3v) is 6.42. The number of rotatable bonds is 7. The number of likely N-dealkylation sites (tertiary alicyclic amines) is 1. The summed E-state index contributed by atoms with van der Waals surface area (Å²) in [6.45, 7) is 4.07. The smallest absolute Gasteiger partial charge is 0.251 e. The first-order valence-corrected chi connectivity index (χ1v) is 11.1. The Morgan fingerprint density at radius 2 is 1.90 bits per heavy atom. The van der Waals surface area contributed by atoms with Crippen LogP contribution in [0.15, 0.2) is 41.5 Å². The molecule has 0 spiro atoms. The van der Waals surface area contributed by atoms with Gasteiger partial charge in [0.1, 0.15) is 5.75 Å². The van der Waals surface area contributed by atoms with Crippen LogP contribution in [0.25, 0.3) is 11.0 Å². The third-order valence-electron chi connectivity index (χ3n) is 5.71. The normalized spacial score (nSPS) is 15.5. The van der Waals surface area contributed by atoms with E-state index in [9.17, 15) is 4.79 Å². The molecule has 0 amide bonds. The van der Waals surface area contributed by atoms with Crippen molar-refractivity contribution in [2.75, 3.05) is 26.7 Å². The van der Waals surface area contributed by atoms with Gasteiger partial charge in [-0.15, -0.1) is 0 Å². The zero-order chi connectivity index (χ0) is 21.8. The molecule has 1 fully saturated rings. The van der Waals surface area contributed by atoms with Crippen molar-refractivity contribution in [3.05, 3.63) is 62.8 Å². The minimum absolute atomic E-state index is 0.0202. The maximum atomic E-state index is 12.5. The van der Waals surface area contributed by atoms with E-state index in [0.29, 0.717) is 34.9 Å². The van der Waals surface area contributed by atoms with Crippen molar-refractivity contribution in [1.29, 1.82) is 0 Å². The van der Waals surface area contributed by atoms with Crippen molar-refractivity contribution in [3.8, 4) is 5.75 Å². The van der Waals surface area contributed by atoms with E-state index in [4.69, 9.17) is 27.9 Å². The summed E-state index contributed by atoms with van der Waals surface area (Å²) >= 11 is 12.0. The lowest BCUT2D eigenvalue weighted by molar-refractivity contribution is 0.191. The van der Waals surface area contributed by atoms with Crippen LogP contribution in [-0.2, 0) is 13.1 Å². The fourth-order valence-corrected chi connectivity index (χ4v) is 4.17. The average Bonchev–Trinajstić information content (AvgIpc) is 2.79. The highest BCUT2D eigenvalue weighted by molar-refractivity contribution is 6.41. The monoisotopic (exact) mass is 461 g/mol. The van der Waals surface area contributed by atoms with E-state index in [-0.39, 0.29) is 5.56 Å². The summed E-state index contributed by atoms with van der Waals surface area (Å²) in [5.41, 5.74) is 2.46. The molecule has 0 bridgehead atoms. The molecule has 31 heavy (non-hydrogen) atoms. The lowest BCUT2D eigenvalue weighted by atomic mass is 10.0. The number of aromatic nitrogens is 3. The van der Waals surface area contributed by atoms with Crippen LogP contribution in [0.5, 0.6) is 5.75 Å². The number of pyridine rings is 3. The highest BCUT2D eigenvalue weighted by atomic mass is 35.5. The maximum Gasteiger partial charge on any atom is 0.251 e. The number of hydrogen-bond acceptors (Lipinski definition) is 6. The van der Waals surface area contributed by atoms with E-state index in [1.807, 2.05) is 6.07 Å². The van der Waals surface area contributed by atoms with Crippen LogP contribution in [0.2, 0.25) is 10.0 Å². The summed E-state index contributed by atoms with van der Waals surface area (Å²) in [6, 6.07) is 7.44. The Hall–Kier alpha value is -2.19. The molecule has 3 aromatic rings. The standard InChI is InChI=1S/C22H25Cl2N5O2/c1-31-17-11-21-20(27-13-17)2-3-22(30)29(21)9-8-28-6-4-15(5-7-28)25-12-16-10-18(23)19(24)14-26-16/h2-3,10-11,13-15,25H,4-9,12H2,1H3. The molecule has 0 radical (unpaired) electrons. The predicted molar refractivity (Wildman–Crippen MR) is 123 cm³/mol. The summed E-state index contributed by atoms with van der Waals surface area (Å²) in [4.78, 5) is 23.6. The SMILES string of the molecule is COc1cnc2ccc(=O)n(CCN3CCC(NCc4cc(Cl)c(Cl)cn4)CC3)c2c1. The van der Waals surface area contributed by atoms with E-state index >= 15 is 0 Å². The molecule has 0 unspecified atom stereocenters. The number of nitrogens with one attached hydrogen (secondary N) is 1. The average molecular weight is 462 g/mol. The highest BCUT2D eigenvalue weighted by Crippen LogP contribution is 2.21. The van der Waals surface area contributed by atoms with Crippen molar-refractivity contribution in [3.63, 3.8) is 0 Å². The van der Waals surface area contributed by atoms with E-state index in [0.717, 1.165) is 49.2 Å². The molecule has 9 heteroatoms. The second kappa shape index (κ2) is 9.96. The summed E-state index contributed by atoms with van der Waals surface area (Å²) in [5, 5.41) is 4.55. The van der Waals surface area contributed by atoms with Gasteiger partial charge in [-0.05, 0) is 38.1 Å². The van der Waals surface area contributed by atoms with E-state index in [1.165, 1.54) is 0 Å². The van der Waals surface area contributed by atoms with Crippen LogP contribution in [0, 0.1) is 0 Å². The lowest BCUT2D eigenvalue weighted by Gasteiger charge is -2.32. The molecule has 1 aliphatic rings. The van der Waals surface area contributed by atoms with Gasteiger partial charge in [0.2, 0.25) is 0 Å². The molecular formula is C22H25Cl2N5O2. The second-order valence-corrected chi connectivity index (χ2v) is 8.50. The fourth-order valence-electron chi connectivity index (χ4n) is 3.89. The molecule has 0 saturated carbocycles. The second-order valence-electron chi connectivity index (χ2n) is 7.69. The summed E-state index contributed by atoms with van der Waals surface area (Å²) < 4.78 is 7.06. The van der Waals surface area contributed by atoms with Gasteiger partial charge in [-0.3, -0.25) is 14.8 Å². The van der Waals surface area contributed by atoms with Crippen LogP contribution >= 0.6 is 23.2 Å². The van der Waals surface area contributed by atoms with Crippen LogP contribution in [0.4, 0.5) is 0 Å². The number of hydrogen-bond donors (Lipinski definition) is 1. The molecule has 3 aromatic heterocycles. The highest BCUT2D eigenvalue weighted by Gasteiger charge is 2.19. The topological polar surface area (TPSA) is 72.3 Å². The molecule has 0 aliphatic carbocycles. The Balaban J connectivity index is 1.31. The molecular weight excluding hydrogens is 437 g/mol. The van der Waals surface area contributed by atoms with Crippen LogP contribution in [0.1, 0.15) is 18.5 Å². The number of ether oxygens (including phenoxy) is 1. The fraction of sp³-hybridized carbons (Fsp3) is 0.409. The molecule has 7 nitrogen and oxygen atoms in total. The van der Waals surface area contributed by atoms with Crippen LogP contribution < -0.4 is 15.6 Å². The summed E-state index contributed by atoms with van der Waals surface area (Å²) in [7, 11) is 1.60. The number of nitrogens with zero attached hydrogens (tertiary/aromatic N) is 4. The lowest BCUT2D eigenvalue weighted by Crippen LogP contribution is -2.43. The molecule has 4 rings (SSSR count). The zero-order valence-corrected chi connectivity index (χ0v) is 18.9. The Kier molecular flexibility index (Phi) is 7.07. The van der Waals surface area contributed by atoms with Crippen molar-refractivity contribution in [1.82, 2.24) is 24.8 Å². The first-order chi connectivity index (χ1) is 15.0. The van der Waals surface area contributed by atoms with Gasteiger partial charge in [0, 0.05) is 44.0 Å². The molecule has 0 atom stereocenters. The van der Waals surface area contributed by atoms with Crippen molar-refractivity contribution in [2.45, 2.75) is 32.0 Å². The third kappa shape index (κ3) is 5.36. The van der Waals surface area contributed by atoms with Crippen molar-refractivity contribution in [2.24, 2.45) is 0 Å². The number of methoxy groups -OCH3 is 1. The first-order valence-electron chi connectivity index (χ1n) is 10.3. The molecule has 1 N–H and O–H groups in total. The Morgan fingerprint density at radius 1 is 1.10 bits per heavy atom. The minimum Gasteiger partial charge on any atom is -0.495 e. The van der Waals surface area contributed by atoms with Gasteiger partial charge in [-0.25, -0.2) is 0 Å². The Morgan fingerprint density at radius 3 is 2.65 bits per heavy atom. The molecule has 0 aromatic carbocycles. The molecule has 4 heterocycles. The first kappa shape index (κ1) is 22.0.